The third-order valence-corrected chi connectivity index (χ3v) is 2.66. The van der Waals surface area contributed by atoms with Gasteiger partial charge in [0.05, 0.1) is 11.2 Å². The van der Waals surface area contributed by atoms with Crippen molar-refractivity contribution in [3.05, 3.63) is 16.6 Å². The Hall–Kier alpha value is -0.660. The molecule has 1 rings (SSSR count). The van der Waals surface area contributed by atoms with Gasteiger partial charge in [-0.3, -0.25) is 4.90 Å². The van der Waals surface area contributed by atoms with Crippen LogP contribution in [0.1, 0.15) is 5.69 Å². The molecule has 0 fully saturated rings. The van der Waals surface area contributed by atoms with Crippen LogP contribution in [0.25, 0.3) is 0 Å². The molecule has 0 saturated carbocycles. The number of likely N-dealkylation sites (N-methyl/N-ethyl adjacent to an activating group) is 1. The first kappa shape index (κ1) is 12.4. The first-order chi connectivity index (χ1) is 6.95. The number of nitrogens with two attached hydrogens (primary N) is 1. The molecule has 1 heterocycles. The van der Waals surface area contributed by atoms with Crippen LogP contribution < -0.4 is 5.73 Å². The average Bonchev–Trinajstić information content (AvgIpc) is 2.54. The summed E-state index contributed by atoms with van der Waals surface area (Å²) in [5.41, 5.74) is 7.33. The summed E-state index contributed by atoms with van der Waals surface area (Å²) in [5, 5.41) is 1.72. The van der Waals surface area contributed by atoms with E-state index in [-0.39, 0.29) is 6.54 Å². The minimum absolute atomic E-state index is 0.158. The van der Waals surface area contributed by atoms with Gasteiger partial charge in [-0.05, 0) is 7.05 Å². The van der Waals surface area contributed by atoms with Crippen LogP contribution >= 0.6 is 11.3 Å². The quantitative estimate of drug-likeness (QED) is 0.865. The molecule has 0 aliphatic carbocycles. The Kier molecular flexibility index (Phi) is 4.06. The number of aromatic nitrogens is 1. The van der Waals surface area contributed by atoms with Gasteiger partial charge in [0.25, 0.3) is 0 Å². The lowest BCUT2D eigenvalue weighted by Crippen LogP contribution is -2.48. The second kappa shape index (κ2) is 4.91. The number of hydrogen-bond acceptors (Lipinski definition) is 4. The summed E-state index contributed by atoms with van der Waals surface area (Å²) in [6.45, 7) is -0.283. The van der Waals surface area contributed by atoms with Gasteiger partial charge in [0.2, 0.25) is 0 Å². The van der Waals surface area contributed by atoms with Crippen LogP contribution in [-0.4, -0.2) is 35.7 Å². The number of nitrogens with zero attached hydrogens (tertiary/aromatic N) is 2. The maximum atomic E-state index is 12.5. The summed E-state index contributed by atoms with van der Waals surface area (Å²) < 4.78 is 37.4. The minimum Gasteiger partial charge on any atom is -0.329 e. The Morgan fingerprint density at radius 1 is 1.60 bits per heavy atom. The first-order valence-corrected chi connectivity index (χ1v) is 5.23. The molecule has 0 aliphatic heterocycles. The fraction of sp³-hybridized carbons (Fsp3) is 0.625. The van der Waals surface area contributed by atoms with Crippen LogP contribution in [-0.2, 0) is 6.54 Å². The van der Waals surface area contributed by atoms with E-state index in [0.717, 1.165) is 4.90 Å². The van der Waals surface area contributed by atoms with Crippen molar-refractivity contribution in [2.75, 3.05) is 13.6 Å². The van der Waals surface area contributed by atoms with Gasteiger partial charge in [0.1, 0.15) is 6.04 Å². The topological polar surface area (TPSA) is 42.2 Å². The van der Waals surface area contributed by atoms with Crippen LogP contribution in [0.5, 0.6) is 0 Å². The zero-order valence-corrected chi connectivity index (χ0v) is 8.98. The third-order valence-electron chi connectivity index (χ3n) is 2.03. The van der Waals surface area contributed by atoms with Gasteiger partial charge in [-0.1, -0.05) is 0 Å². The lowest BCUT2D eigenvalue weighted by atomic mass is 10.2. The van der Waals surface area contributed by atoms with E-state index in [9.17, 15) is 13.2 Å². The lowest BCUT2D eigenvalue weighted by molar-refractivity contribution is -0.178. The molecule has 1 unspecified atom stereocenters. The Labute approximate surface area is 89.7 Å². The van der Waals surface area contributed by atoms with Crippen LogP contribution in [0.2, 0.25) is 0 Å². The zero-order chi connectivity index (χ0) is 11.5. The number of thiazole rings is 1. The molecular formula is C8H12F3N3S. The maximum Gasteiger partial charge on any atom is 0.405 e. The molecule has 0 radical (unpaired) electrons. The number of hydrogen-bond donors (Lipinski definition) is 1. The average molecular weight is 239 g/mol. The number of halogens is 3. The highest BCUT2D eigenvalue weighted by Crippen LogP contribution is 2.24. The van der Waals surface area contributed by atoms with Gasteiger partial charge >= 0.3 is 6.18 Å². The highest BCUT2D eigenvalue weighted by Gasteiger charge is 2.41. The van der Waals surface area contributed by atoms with Gasteiger partial charge in [0.15, 0.2) is 0 Å². The van der Waals surface area contributed by atoms with Crippen molar-refractivity contribution in [3.8, 4) is 0 Å². The van der Waals surface area contributed by atoms with Gasteiger partial charge in [-0.2, -0.15) is 13.2 Å². The van der Waals surface area contributed by atoms with E-state index in [2.05, 4.69) is 4.98 Å². The van der Waals surface area contributed by atoms with Gasteiger partial charge < -0.3 is 5.73 Å². The molecule has 1 atom stereocenters. The Morgan fingerprint density at radius 3 is 2.67 bits per heavy atom. The Balaban J connectivity index is 2.62. The highest BCUT2D eigenvalue weighted by atomic mass is 32.1. The van der Waals surface area contributed by atoms with E-state index in [1.807, 2.05) is 0 Å². The van der Waals surface area contributed by atoms with Crippen molar-refractivity contribution in [3.63, 3.8) is 0 Å². The maximum absolute atomic E-state index is 12.5. The molecule has 0 amide bonds. The smallest absolute Gasteiger partial charge is 0.329 e. The van der Waals surface area contributed by atoms with E-state index >= 15 is 0 Å². The molecule has 2 N–H and O–H groups in total. The van der Waals surface area contributed by atoms with E-state index in [1.165, 1.54) is 18.4 Å². The second-order valence-electron chi connectivity index (χ2n) is 3.19. The summed E-state index contributed by atoms with van der Waals surface area (Å²) in [5.74, 6) is 0. The molecule has 15 heavy (non-hydrogen) atoms. The van der Waals surface area contributed by atoms with Crippen LogP contribution in [0, 0.1) is 0 Å². The summed E-state index contributed by atoms with van der Waals surface area (Å²) in [6.07, 6.45) is -4.29. The van der Waals surface area contributed by atoms with E-state index in [0.29, 0.717) is 5.69 Å². The van der Waals surface area contributed by atoms with Gasteiger partial charge in [0, 0.05) is 18.5 Å². The SMILES string of the molecule is CN(Cc1cscn1)C(CN)C(F)(F)F. The van der Waals surface area contributed by atoms with Gasteiger partial charge in [-0.15, -0.1) is 11.3 Å². The van der Waals surface area contributed by atoms with E-state index < -0.39 is 18.8 Å². The van der Waals surface area contributed by atoms with E-state index in [4.69, 9.17) is 5.73 Å². The molecule has 0 bridgehead atoms. The molecule has 0 saturated heterocycles. The first-order valence-electron chi connectivity index (χ1n) is 4.29. The van der Waals surface area contributed by atoms with Crippen molar-refractivity contribution in [1.82, 2.24) is 9.88 Å². The molecule has 0 aliphatic rings. The number of rotatable bonds is 4. The normalized spacial score (nSPS) is 14.5. The largest absolute Gasteiger partial charge is 0.405 e. The molecule has 1 aromatic heterocycles. The highest BCUT2D eigenvalue weighted by molar-refractivity contribution is 7.07. The van der Waals surface area contributed by atoms with Gasteiger partial charge in [-0.25, -0.2) is 4.98 Å². The Morgan fingerprint density at radius 2 is 2.27 bits per heavy atom. The predicted molar refractivity (Wildman–Crippen MR) is 52.5 cm³/mol. The molecular weight excluding hydrogens is 227 g/mol. The standard InChI is InChI=1S/C8H12F3N3S/c1-14(3-6-4-15-5-13-6)7(2-12)8(9,10)11/h4-5,7H,2-3,12H2,1H3. The molecule has 7 heteroatoms. The van der Waals surface area contributed by atoms with Crippen LogP contribution in [0.3, 0.4) is 0 Å². The van der Waals surface area contributed by atoms with Crippen molar-refractivity contribution < 1.29 is 13.2 Å². The molecule has 3 nitrogen and oxygen atoms in total. The van der Waals surface area contributed by atoms with Crippen molar-refractivity contribution in [2.24, 2.45) is 5.73 Å². The summed E-state index contributed by atoms with van der Waals surface area (Å²) in [7, 11) is 1.39. The summed E-state index contributed by atoms with van der Waals surface area (Å²) in [6, 6.07) is -1.61. The summed E-state index contributed by atoms with van der Waals surface area (Å²) in [4.78, 5) is 5.09. The third kappa shape index (κ3) is 3.44. The van der Waals surface area contributed by atoms with E-state index in [1.54, 1.807) is 10.9 Å². The zero-order valence-electron chi connectivity index (χ0n) is 8.16. The molecule has 0 aromatic carbocycles. The summed E-state index contributed by atoms with van der Waals surface area (Å²) >= 11 is 1.36. The lowest BCUT2D eigenvalue weighted by Gasteiger charge is -2.28. The molecule has 1 aromatic rings. The second-order valence-corrected chi connectivity index (χ2v) is 3.91. The number of alkyl halides is 3. The fourth-order valence-corrected chi connectivity index (χ4v) is 1.79. The van der Waals surface area contributed by atoms with Crippen molar-refractivity contribution in [1.29, 1.82) is 0 Å². The minimum atomic E-state index is -4.29. The van der Waals surface area contributed by atoms with Crippen molar-refractivity contribution >= 4 is 11.3 Å². The van der Waals surface area contributed by atoms with Crippen molar-refractivity contribution in [2.45, 2.75) is 18.8 Å². The Bertz CT molecular complexity index is 286. The monoisotopic (exact) mass is 239 g/mol. The predicted octanol–water partition coefficient (Wildman–Crippen LogP) is 1.46. The molecule has 86 valence electrons. The molecule has 0 spiro atoms. The fourth-order valence-electron chi connectivity index (χ4n) is 1.24. The van der Waals surface area contributed by atoms with Crippen LogP contribution in [0.15, 0.2) is 10.9 Å². The van der Waals surface area contributed by atoms with Crippen LogP contribution in [0.4, 0.5) is 13.2 Å².